The van der Waals surface area contributed by atoms with Crippen molar-refractivity contribution in [2.75, 3.05) is 20.3 Å². The summed E-state index contributed by atoms with van der Waals surface area (Å²) in [7, 11) is 1.42. The maximum Gasteiger partial charge on any atom is 0.340 e. The summed E-state index contributed by atoms with van der Waals surface area (Å²) < 4.78 is 17.0. The van der Waals surface area contributed by atoms with E-state index in [-0.39, 0.29) is 42.0 Å². The number of allylic oxidation sites excluding steroid dienone is 1. The summed E-state index contributed by atoms with van der Waals surface area (Å²) >= 11 is 0. The first kappa shape index (κ1) is 27.1. The van der Waals surface area contributed by atoms with Crippen LogP contribution in [-0.4, -0.2) is 83.1 Å². The molecule has 5 aliphatic rings. The van der Waals surface area contributed by atoms with E-state index < -0.39 is 64.4 Å². The predicted octanol–water partition coefficient (Wildman–Crippen LogP) is 2.01. The topological polar surface area (TPSA) is 157 Å². The largest absolute Gasteiger partial charge is 0.504 e. The summed E-state index contributed by atoms with van der Waals surface area (Å²) in [6, 6.07) is -0.876. The van der Waals surface area contributed by atoms with Crippen LogP contribution in [0.3, 0.4) is 0 Å². The van der Waals surface area contributed by atoms with Crippen molar-refractivity contribution in [3.05, 3.63) is 34.3 Å². The molecule has 1 saturated carbocycles. The van der Waals surface area contributed by atoms with Crippen molar-refractivity contribution in [3.63, 3.8) is 0 Å². The van der Waals surface area contributed by atoms with Gasteiger partial charge in [0.25, 0.3) is 0 Å². The van der Waals surface area contributed by atoms with Crippen molar-refractivity contribution in [1.82, 2.24) is 4.90 Å². The molecule has 39 heavy (non-hydrogen) atoms. The number of cyclic esters (lactones) is 1. The fraction of sp³-hybridized carbons (Fsp3) is 0.607. The van der Waals surface area contributed by atoms with E-state index in [9.17, 15) is 34.2 Å². The summed E-state index contributed by atoms with van der Waals surface area (Å²) in [6.07, 6.45) is 1.11. The van der Waals surface area contributed by atoms with Gasteiger partial charge in [0, 0.05) is 62.1 Å². The van der Waals surface area contributed by atoms with Gasteiger partial charge in [-0.15, -0.1) is 0 Å². The monoisotopic (exact) mass is 543 g/mol. The molecule has 0 bridgehead atoms. The Morgan fingerprint density at radius 2 is 1.92 bits per heavy atom. The Kier molecular flexibility index (Phi) is 6.48. The molecule has 2 heterocycles. The fourth-order valence-electron chi connectivity index (χ4n) is 7.46. The van der Waals surface area contributed by atoms with E-state index in [1.54, 1.807) is 13.8 Å². The number of ketones is 2. The van der Waals surface area contributed by atoms with Crippen molar-refractivity contribution in [2.24, 2.45) is 16.7 Å². The molecule has 0 unspecified atom stereocenters. The van der Waals surface area contributed by atoms with Gasteiger partial charge in [-0.1, -0.05) is 6.92 Å². The summed E-state index contributed by atoms with van der Waals surface area (Å²) in [5, 5.41) is 21.2. The molecule has 11 nitrogen and oxygen atoms in total. The van der Waals surface area contributed by atoms with E-state index in [4.69, 9.17) is 14.2 Å². The van der Waals surface area contributed by atoms with Crippen molar-refractivity contribution in [1.29, 1.82) is 0 Å². The lowest BCUT2D eigenvalue weighted by atomic mass is 9.53. The van der Waals surface area contributed by atoms with E-state index in [0.717, 1.165) is 0 Å². The lowest BCUT2D eigenvalue weighted by molar-refractivity contribution is -0.160. The second kappa shape index (κ2) is 9.32. The number of Topliss-reactive ketones (excluding diaryl/α,β-unsaturated/α-hetero) is 2. The second-order valence-corrected chi connectivity index (χ2v) is 11.4. The molecule has 2 N–H and O–H groups in total. The first-order chi connectivity index (χ1) is 18.4. The summed E-state index contributed by atoms with van der Waals surface area (Å²) in [6.45, 7) is 4.98. The van der Waals surface area contributed by atoms with E-state index >= 15 is 0 Å². The van der Waals surface area contributed by atoms with Gasteiger partial charge in [-0.3, -0.25) is 14.4 Å². The number of fused-ring (bicyclic) bond motifs is 4. The molecular weight excluding hydrogens is 510 g/mol. The highest BCUT2D eigenvalue weighted by Crippen LogP contribution is 2.62. The Morgan fingerprint density at radius 1 is 1.21 bits per heavy atom. The van der Waals surface area contributed by atoms with Crippen molar-refractivity contribution < 1.29 is 48.4 Å². The third-order valence-corrected chi connectivity index (χ3v) is 9.29. The SMILES string of the molecule is COC[C@H]1OC(=O)/C(=C\N2CCC[C@@H]2C(=O)O)C2=C(O)C(=O)C3=C([C@H](OC(C)=O)C[C@]4(C)C(=O)CC[C@@H]34)[C@]21C. The molecule has 0 aromatic heterocycles. The zero-order valence-electron chi connectivity index (χ0n) is 22.4. The molecule has 210 valence electrons. The minimum Gasteiger partial charge on any atom is -0.504 e. The smallest absolute Gasteiger partial charge is 0.340 e. The molecule has 0 aromatic carbocycles. The number of carboxylic acids is 1. The molecule has 0 spiro atoms. The lowest BCUT2D eigenvalue weighted by Gasteiger charge is -2.53. The van der Waals surface area contributed by atoms with Crippen molar-refractivity contribution in [2.45, 2.75) is 71.1 Å². The maximum atomic E-state index is 14.0. The Bertz CT molecular complexity index is 1280. The number of ether oxygens (including phenoxy) is 3. The summed E-state index contributed by atoms with van der Waals surface area (Å²) in [4.78, 5) is 66.0. The Hall–Kier alpha value is -3.47. The minimum atomic E-state index is -1.37. The number of likely N-dealkylation sites (tertiary alicyclic amines) is 1. The number of aliphatic hydroxyl groups is 1. The van der Waals surface area contributed by atoms with Crippen molar-refractivity contribution in [3.8, 4) is 0 Å². The first-order valence-corrected chi connectivity index (χ1v) is 13.2. The third kappa shape index (κ3) is 3.84. The van der Waals surface area contributed by atoms with E-state index in [2.05, 4.69) is 0 Å². The molecule has 3 fully saturated rings. The molecule has 3 aliphatic carbocycles. The number of rotatable bonds is 5. The minimum absolute atomic E-state index is 0.00864. The highest BCUT2D eigenvalue weighted by atomic mass is 16.6. The van der Waals surface area contributed by atoms with Gasteiger partial charge in [0.05, 0.1) is 17.6 Å². The fourth-order valence-corrected chi connectivity index (χ4v) is 7.46. The summed E-state index contributed by atoms with van der Waals surface area (Å²) in [5.74, 6) is -4.42. The molecular formula is C28H33NO10. The number of aliphatic hydroxyl groups excluding tert-OH is 1. The first-order valence-electron chi connectivity index (χ1n) is 13.2. The van der Waals surface area contributed by atoms with Gasteiger partial charge in [0.2, 0.25) is 5.78 Å². The molecule has 0 aromatic rings. The Morgan fingerprint density at radius 3 is 2.56 bits per heavy atom. The van der Waals surface area contributed by atoms with Gasteiger partial charge in [-0.25, -0.2) is 9.59 Å². The van der Waals surface area contributed by atoms with Crippen LogP contribution in [0.5, 0.6) is 0 Å². The molecule has 2 aliphatic heterocycles. The summed E-state index contributed by atoms with van der Waals surface area (Å²) in [5.41, 5.74) is -1.86. The number of nitrogens with zero attached hydrogens (tertiary/aromatic N) is 1. The van der Waals surface area contributed by atoms with Crippen LogP contribution >= 0.6 is 0 Å². The molecule has 11 heteroatoms. The van der Waals surface area contributed by atoms with Gasteiger partial charge in [-0.05, 0) is 31.8 Å². The van der Waals surface area contributed by atoms with Crippen LogP contribution in [-0.2, 0) is 38.2 Å². The van der Waals surface area contributed by atoms with Gasteiger partial charge in [0.15, 0.2) is 5.76 Å². The highest BCUT2D eigenvalue weighted by molar-refractivity contribution is 6.14. The quantitative estimate of drug-likeness (QED) is 0.386. The number of carbonyl (C=O) groups excluding carboxylic acids is 4. The Labute approximate surface area is 225 Å². The molecule has 6 atom stereocenters. The van der Waals surface area contributed by atoms with Crippen LogP contribution in [0.15, 0.2) is 34.3 Å². The third-order valence-electron chi connectivity index (χ3n) is 9.29. The van der Waals surface area contributed by atoms with Crippen LogP contribution in [0.25, 0.3) is 0 Å². The van der Waals surface area contributed by atoms with Crippen LogP contribution in [0.2, 0.25) is 0 Å². The normalized spacial score (nSPS) is 37.1. The number of carbonyl (C=O) groups is 5. The maximum absolute atomic E-state index is 14.0. The predicted molar refractivity (Wildman–Crippen MR) is 133 cm³/mol. The number of esters is 2. The van der Waals surface area contributed by atoms with Gasteiger partial charge in [-0.2, -0.15) is 0 Å². The molecule has 0 amide bonds. The van der Waals surface area contributed by atoms with Gasteiger partial charge in [0.1, 0.15) is 24.0 Å². The Balaban J connectivity index is 1.76. The number of methoxy groups -OCH3 is 1. The number of aliphatic carboxylic acids is 1. The second-order valence-electron chi connectivity index (χ2n) is 11.4. The van der Waals surface area contributed by atoms with Crippen LogP contribution in [0.4, 0.5) is 0 Å². The number of hydrogen-bond acceptors (Lipinski definition) is 10. The van der Waals surface area contributed by atoms with Crippen molar-refractivity contribution >= 4 is 29.5 Å². The van der Waals surface area contributed by atoms with Crippen LogP contribution in [0.1, 0.15) is 52.9 Å². The standard InChI is InChI=1S/C28H33NO10/c1-13(30)38-17-10-27(2)15(7-8-18(27)31)20-22(17)28(3)19(12-37-4)39-26(36)14(21(28)24(33)23(20)32)11-29-9-5-6-16(29)25(34)35/h11,15-17,19,33H,5-10,12H2,1-4H3,(H,34,35)/b14-11-/t15-,16+,17+,19+,27-,28-/m0/s1. The average Bonchev–Trinajstić information content (AvgIpc) is 3.44. The number of hydrogen-bond donors (Lipinski definition) is 2. The van der Waals surface area contributed by atoms with E-state index in [1.165, 1.54) is 25.1 Å². The van der Waals surface area contributed by atoms with E-state index in [0.29, 0.717) is 31.4 Å². The van der Waals surface area contributed by atoms with E-state index in [1.807, 2.05) is 0 Å². The zero-order valence-corrected chi connectivity index (χ0v) is 22.4. The lowest BCUT2D eigenvalue weighted by Crippen LogP contribution is -2.57. The van der Waals surface area contributed by atoms with Crippen LogP contribution < -0.4 is 0 Å². The molecule has 2 saturated heterocycles. The average molecular weight is 544 g/mol. The molecule has 0 radical (unpaired) electrons. The van der Waals surface area contributed by atoms with Crippen LogP contribution in [0, 0.1) is 16.7 Å². The van der Waals surface area contributed by atoms with Gasteiger partial charge < -0.3 is 29.3 Å². The highest BCUT2D eigenvalue weighted by Gasteiger charge is 2.64. The van der Waals surface area contributed by atoms with Gasteiger partial charge >= 0.3 is 17.9 Å². The molecule has 5 rings (SSSR count). The zero-order chi connectivity index (χ0) is 28.4. The number of carboxylic acid groups (broad SMARTS) is 1.